The van der Waals surface area contributed by atoms with E-state index in [2.05, 4.69) is 10.6 Å². The highest BCUT2D eigenvalue weighted by Gasteiger charge is 2.29. The first-order chi connectivity index (χ1) is 10.3. The van der Waals surface area contributed by atoms with Gasteiger partial charge in [0.1, 0.15) is 11.5 Å². The Morgan fingerprint density at radius 2 is 1.95 bits per heavy atom. The van der Waals surface area contributed by atoms with Crippen molar-refractivity contribution in [1.82, 2.24) is 5.32 Å². The second-order valence-corrected chi connectivity index (χ2v) is 7.52. The number of rotatable bonds is 4. The van der Waals surface area contributed by atoms with Gasteiger partial charge in [-0.1, -0.05) is 11.6 Å². The van der Waals surface area contributed by atoms with Gasteiger partial charge in [-0.2, -0.15) is 0 Å². The zero-order chi connectivity index (χ0) is 16.3. The van der Waals surface area contributed by atoms with E-state index in [0.717, 1.165) is 0 Å². The highest BCUT2D eigenvalue weighted by molar-refractivity contribution is 7.91. The van der Waals surface area contributed by atoms with Gasteiger partial charge in [-0.05, 0) is 12.5 Å². The topological polar surface area (TPSA) is 93.7 Å². The Bertz CT molecular complexity index is 677. The fourth-order valence-corrected chi connectivity index (χ4v) is 4.12. The van der Waals surface area contributed by atoms with Crippen LogP contribution in [0, 0.1) is 0 Å². The van der Waals surface area contributed by atoms with Crippen LogP contribution in [0.25, 0.3) is 0 Å². The normalized spacial score (nSPS) is 19.5. The van der Waals surface area contributed by atoms with E-state index in [1.165, 1.54) is 20.3 Å². The van der Waals surface area contributed by atoms with Crippen molar-refractivity contribution in [2.24, 2.45) is 0 Å². The van der Waals surface area contributed by atoms with Crippen LogP contribution in [-0.4, -0.2) is 46.2 Å². The molecule has 0 radical (unpaired) electrons. The first kappa shape index (κ1) is 16.7. The van der Waals surface area contributed by atoms with Gasteiger partial charge in [0.25, 0.3) is 0 Å². The molecule has 1 aliphatic heterocycles. The molecule has 9 heteroatoms. The molecule has 0 unspecified atom stereocenters. The summed E-state index contributed by atoms with van der Waals surface area (Å²) in [5, 5.41) is 5.54. The van der Waals surface area contributed by atoms with Crippen LogP contribution >= 0.6 is 11.6 Å². The van der Waals surface area contributed by atoms with Gasteiger partial charge >= 0.3 is 6.03 Å². The molecule has 0 saturated carbocycles. The number of hydrogen-bond acceptors (Lipinski definition) is 5. The number of benzene rings is 1. The Morgan fingerprint density at radius 3 is 2.50 bits per heavy atom. The number of nitrogens with one attached hydrogen (secondary N) is 2. The van der Waals surface area contributed by atoms with E-state index in [1.54, 1.807) is 6.07 Å². The summed E-state index contributed by atoms with van der Waals surface area (Å²) in [5.41, 5.74) is 0.367. The summed E-state index contributed by atoms with van der Waals surface area (Å²) < 4.78 is 33.0. The van der Waals surface area contributed by atoms with E-state index in [9.17, 15) is 13.2 Å². The Labute approximate surface area is 133 Å². The maximum atomic E-state index is 12.0. The minimum atomic E-state index is -3.05. The van der Waals surface area contributed by atoms with Gasteiger partial charge in [0.15, 0.2) is 9.84 Å². The third-order valence-corrected chi connectivity index (χ3v) is 5.35. The number of sulfone groups is 1. The molecule has 1 atom stereocenters. The van der Waals surface area contributed by atoms with Crippen LogP contribution < -0.4 is 20.1 Å². The first-order valence-electron chi connectivity index (χ1n) is 6.54. The fraction of sp³-hybridized carbons (Fsp3) is 0.462. The lowest BCUT2D eigenvalue weighted by atomic mass is 10.2. The Balaban J connectivity index is 2.07. The predicted octanol–water partition coefficient (Wildman–Crippen LogP) is 1.67. The summed E-state index contributed by atoms with van der Waals surface area (Å²) in [5.74, 6) is 0.859. The summed E-state index contributed by atoms with van der Waals surface area (Å²) in [7, 11) is -0.120. The molecular weight excluding hydrogens is 332 g/mol. The molecule has 1 aromatic rings. The molecular formula is C13H17ClN2O5S. The number of methoxy groups -OCH3 is 2. The molecule has 0 spiro atoms. The van der Waals surface area contributed by atoms with Gasteiger partial charge in [0.2, 0.25) is 0 Å². The third-order valence-electron chi connectivity index (χ3n) is 3.29. The van der Waals surface area contributed by atoms with Gasteiger partial charge < -0.3 is 20.1 Å². The number of hydrogen-bond donors (Lipinski definition) is 2. The van der Waals surface area contributed by atoms with E-state index in [0.29, 0.717) is 28.6 Å². The second-order valence-electron chi connectivity index (χ2n) is 4.89. The van der Waals surface area contributed by atoms with E-state index in [1.807, 2.05) is 0 Å². The molecule has 1 heterocycles. The number of urea groups is 1. The average molecular weight is 349 g/mol. The molecule has 22 heavy (non-hydrogen) atoms. The van der Waals surface area contributed by atoms with Crippen molar-refractivity contribution in [3.8, 4) is 11.5 Å². The molecule has 2 N–H and O–H groups in total. The average Bonchev–Trinajstić information content (AvgIpc) is 2.78. The van der Waals surface area contributed by atoms with Crippen LogP contribution in [0.3, 0.4) is 0 Å². The minimum absolute atomic E-state index is 0.0408. The second kappa shape index (κ2) is 6.62. The Kier molecular flexibility index (Phi) is 5.02. The summed E-state index contributed by atoms with van der Waals surface area (Å²) in [6, 6.07) is 2.16. The molecule has 0 aromatic heterocycles. The third kappa shape index (κ3) is 3.95. The van der Waals surface area contributed by atoms with Crippen LogP contribution in [0.1, 0.15) is 6.42 Å². The largest absolute Gasteiger partial charge is 0.495 e. The van der Waals surface area contributed by atoms with Crippen LogP contribution in [0.4, 0.5) is 10.5 Å². The van der Waals surface area contributed by atoms with Gasteiger partial charge in [0, 0.05) is 12.1 Å². The first-order valence-corrected chi connectivity index (χ1v) is 8.74. The maximum Gasteiger partial charge on any atom is 0.319 e. The Morgan fingerprint density at radius 1 is 1.27 bits per heavy atom. The van der Waals surface area contributed by atoms with Crippen molar-refractivity contribution >= 4 is 33.2 Å². The van der Waals surface area contributed by atoms with Crippen LogP contribution in [0.2, 0.25) is 5.02 Å². The lowest BCUT2D eigenvalue weighted by Gasteiger charge is -2.15. The highest BCUT2D eigenvalue weighted by Crippen LogP contribution is 2.35. The molecule has 1 aromatic carbocycles. The van der Waals surface area contributed by atoms with Gasteiger partial charge in [-0.3, -0.25) is 0 Å². The van der Waals surface area contributed by atoms with Crippen molar-refractivity contribution in [3.05, 3.63) is 17.2 Å². The fourth-order valence-electron chi connectivity index (χ4n) is 2.21. The quantitative estimate of drug-likeness (QED) is 0.863. The molecule has 122 valence electrons. The number of carbonyl (C=O) groups excluding carboxylic acids is 1. The van der Waals surface area contributed by atoms with Crippen LogP contribution in [-0.2, 0) is 9.84 Å². The lowest BCUT2D eigenvalue weighted by molar-refractivity contribution is 0.249. The molecule has 2 amide bonds. The number of amides is 2. The van der Waals surface area contributed by atoms with Crippen molar-refractivity contribution in [1.29, 1.82) is 0 Å². The van der Waals surface area contributed by atoms with E-state index < -0.39 is 15.9 Å². The van der Waals surface area contributed by atoms with Gasteiger partial charge in [0.05, 0.1) is 36.4 Å². The minimum Gasteiger partial charge on any atom is -0.495 e. The monoisotopic (exact) mass is 348 g/mol. The zero-order valence-corrected chi connectivity index (χ0v) is 13.8. The SMILES string of the molecule is COc1cc(OC)c(NC(=O)N[C@H]2CCS(=O)(=O)C2)cc1Cl. The maximum absolute atomic E-state index is 12.0. The molecule has 7 nitrogen and oxygen atoms in total. The molecule has 1 saturated heterocycles. The van der Waals surface area contributed by atoms with Crippen LogP contribution in [0.5, 0.6) is 11.5 Å². The van der Waals surface area contributed by atoms with Crippen molar-refractivity contribution in [2.45, 2.75) is 12.5 Å². The molecule has 0 bridgehead atoms. The summed E-state index contributed by atoms with van der Waals surface area (Å²) >= 11 is 6.02. The lowest BCUT2D eigenvalue weighted by Crippen LogP contribution is -2.38. The molecule has 1 fully saturated rings. The Hall–Kier alpha value is -1.67. The van der Waals surface area contributed by atoms with Crippen molar-refractivity contribution in [3.63, 3.8) is 0 Å². The van der Waals surface area contributed by atoms with Gasteiger partial charge in [-0.15, -0.1) is 0 Å². The predicted molar refractivity (Wildman–Crippen MR) is 83.8 cm³/mol. The molecule has 2 rings (SSSR count). The van der Waals surface area contributed by atoms with Crippen molar-refractivity contribution in [2.75, 3.05) is 31.0 Å². The summed E-state index contributed by atoms with van der Waals surface area (Å²) in [4.78, 5) is 12.0. The zero-order valence-electron chi connectivity index (χ0n) is 12.2. The number of ether oxygens (including phenoxy) is 2. The standard InChI is InChI=1S/C13H17ClN2O5S/c1-20-11-6-12(21-2)10(5-9(11)14)16-13(17)15-8-3-4-22(18,19)7-8/h5-6,8H,3-4,7H2,1-2H3,(H2,15,16,17)/t8-/m0/s1. The highest BCUT2D eigenvalue weighted by atomic mass is 35.5. The smallest absolute Gasteiger partial charge is 0.319 e. The number of anilines is 1. The van der Waals surface area contributed by atoms with E-state index >= 15 is 0 Å². The summed E-state index contributed by atoms with van der Waals surface area (Å²) in [6.45, 7) is 0. The van der Waals surface area contributed by atoms with Crippen molar-refractivity contribution < 1.29 is 22.7 Å². The number of carbonyl (C=O) groups is 1. The molecule has 1 aliphatic rings. The van der Waals surface area contributed by atoms with Gasteiger partial charge in [-0.25, -0.2) is 13.2 Å². The van der Waals surface area contributed by atoms with E-state index in [-0.39, 0.29) is 17.5 Å². The molecule has 0 aliphatic carbocycles. The summed E-state index contributed by atoms with van der Waals surface area (Å²) in [6.07, 6.45) is 0.413. The number of halogens is 1. The van der Waals surface area contributed by atoms with Crippen LogP contribution in [0.15, 0.2) is 12.1 Å². The van der Waals surface area contributed by atoms with E-state index in [4.69, 9.17) is 21.1 Å².